The summed E-state index contributed by atoms with van der Waals surface area (Å²) in [6.07, 6.45) is 15.4. The second-order valence-corrected chi connectivity index (χ2v) is 18.3. The Labute approximate surface area is 392 Å². The van der Waals surface area contributed by atoms with Crippen LogP contribution in [0.5, 0.6) is 0 Å². The number of primary amides is 3. The number of rotatable bonds is 9. The highest BCUT2D eigenvalue weighted by Gasteiger charge is 2.42. The van der Waals surface area contributed by atoms with Gasteiger partial charge in [0.05, 0.1) is 22.7 Å². The topological polar surface area (TPSA) is 234 Å². The van der Waals surface area contributed by atoms with E-state index in [9.17, 15) is 24.3 Å². The number of nitrogens with two attached hydrogens (primary N) is 3. The molecule has 7 N–H and O–H groups in total. The minimum absolute atomic E-state index is 0.0949. The molecule has 1 aromatic carbocycles. The van der Waals surface area contributed by atoms with Crippen LogP contribution in [0.25, 0.3) is 22.5 Å². The zero-order valence-electron chi connectivity index (χ0n) is 38.0. The van der Waals surface area contributed by atoms with E-state index >= 15 is 0 Å². The zero-order chi connectivity index (χ0) is 47.8. The number of amides is 4. The van der Waals surface area contributed by atoms with E-state index in [1.807, 2.05) is 25.2 Å². The molecule has 5 aliphatic rings. The molecule has 0 bridgehead atoms. The minimum Gasteiger partial charge on any atom is -0.380 e. The van der Waals surface area contributed by atoms with E-state index in [4.69, 9.17) is 17.2 Å². The third-order valence-corrected chi connectivity index (χ3v) is 12.4. The Morgan fingerprint density at radius 1 is 0.925 bits per heavy atom. The number of hydrogen-bond acceptors (Lipinski definition) is 10. The predicted octanol–water partition coefficient (Wildman–Crippen LogP) is 3.57. The molecule has 3 saturated carbocycles. The Morgan fingerprint density at radius 3 is 2.30 bits per heavy atom. The van der Waals surface area contributed by atoms with Crippen molar-refractivity contribution in [2.24, 2.45) is 40.9 Å². The first-order valence-electron chi connectivity index (χ1n) is 22.7. The Bertz CT molecular complexity index is 2810. The van der Waals surface area contributed by atoms with Gasteiger partial charge in [-0.1, -0.05) is 49.5 Å². The largest absolute Gasteiger partial charge is 0.380 e. The first-order chi connectivity index (χ1) is 32.2. The zero-order valence-corrected chi connectivity index (χ0v) is 39.2. The van der Waals surface area contributed by atoms with Gasteiger partial charge in [0.25, 0.3) is 11.8 Å². The van der Waals surface area contributed by atoms with Gasteiger partial charge in [0.2, 0.25) is 12.3 Å². The second-order valence-electron chi connectivity index (χ2n) is 17.7. The second kappa shape index (κ2) is 21.6. The Morgan fingerprint density at radius 2 is 1.66 bits per heavy atom. The van der Waals surface area contributed by atoms with Gasteiger partial charge in [0.1, 0.15) is 6.10 Å². The average Bonchev–Trinajstić information content (AvgIpc) is 4.24. The lowest BCUT2D eigenvalue weighted by Crippen LogP contribution is -2.20. The quantitative estimate of drug-likeness (QED) is 0.0954. The van der Waals surface area contributed by atoms with E-state index < -0.39 is 17.9 Å². The Hall–Kier alpha value is -6.87. The van der Waals surface area contributed by atoms with E-state index in [0.717, 1.165) is 97.8 Å². The summed E-state index contributed by atoms with van der Waals surface area (Å²) >= 11 is 0. The van der Waals surface area contributed by atoms with E-state index in [-0.39, 0.29) is 29.4 Å². The summed E-state index contributed by atoms with van der Waals surface area (Å²) in [5.74, 6) is 12.7. The van der Waals surface area contributed by atoms with Gasteiger partial charge in [-0.15, -0.1) is 9.24 Å². The molecule has 4 amide bonds. The minimum atomic E-state index is -0.731. The number of benzene rings is 1. The van der Waals surface area contributed by atoms with E-state index in [2.05, 4.69) is 64.6 Å². The fraction of sp³-hybridized carbons (Fsp3) is 0.400. The summed E-state index contributed by atoms with van der Waals surface area (Å²) < 4.78 is 3.33. The van der Waals surface area contributed by atoms with Crippen LogP contribution < -0.4 is 22.5 Å². The van der Waals surface area contributed by atoms with E-state index in [0.29, 0.717) is 40.6 Å². The smallest absolute Gasteiger partial charge is 0.269 e. The van der Waals surface area contributed by atoms with Crippen molar-refractivity contribution in [1.82, 2.24) is 39.3 Å². The number of hydrogen-bond donors (Lipinski definition) is 4. The number of nitrogens with zero attached hydrogens (tertiary/aromatic N) is 8. The molecule has 0 radical (unpaired) electrons. The van der Waals surface area contributed by atoms with Crippen LogP contribution in [0.4, 0.5) is 0 Å². The maximum Gasteiger partial charge on any atom is 0.269 e. The number of aliphatic hydroxyl groups excluding tert-OH is 1. The summed E-state index contributed by atoms with van der Waals surface area (Å²) in [7, 11) is 6.46. The highest BCUT2D eigenvalue weighted by molar-refractivity contribution is 7.27. The lowest BCUT2D eigenvalue weighted by atomic mass is 9.95. The number of likely N-dealkylation sites (tertiary alicyclic amines) is 1. The molecule has 4 fully saturated rings. The van der Waals surface area contributed by atoms with Crippen molar-refractivity contribution in [3.05, 3.63) is 101 Å². The molecule has 10 rings (SSSR count). The molecule has 16 nitrogen and oxygen atoms in total. The number of fused-ring (bicyclic) bond motifs is 2. The fourth-order valence-electron chi connectivity index (χ4n) is 7.88. The van der Waals surface area contributed by atoms with Gasteiger partial charge in [-0.3, -0.25) is 19.2 Å². The molecule has 4 aliphatic carbocycles. The first-order valence-corrected chi connectivity index (χ1v) is 23.3. The van der Waals surface area contributed by atoms with Crippen LogP contribution in [0.1, 0.15) is 101 Å². The number of aromatic nitrogens is 6. The number of allylic oxidation sites excluding steroid dienone is 1. The molecular formula is C50H58N11O5P. The normalized spacial score (nSPS) is 18.9. The summed E-state index contributed by atoms with van der Waals surface area (Å²) in [5, 5.41) is 20.8. The molecule has 17 heteroatoms. The molecule has 1 saturated heterocycles. The van der Waals surface area contributed by atoms with Gasteiger partial charge < -0.3 is 32.1 Å². The van der Waals surface area contributed by atoms with Gasteiger partial charge in [-0.2, -0.15) is 10.2 Å². The van der Waals surface area contributed by atoms with Gasteiger partial charge in [-0.05, 0) is 105 Å². The molecule has 5 atom stereocenters. The van der Waals surface area contributed by atoms with Crippen LogP contribution in [0.15, 0.2) is 67.1 Å². The first kappa shape index (κ1) is 48.1. The number of aliphatic hydroxyl groups is 1. The van der Waals surface area contributed by atoms with Crippen molar-refractivity contribution in [2.45, 2.75) is 76.7 Å². The van der Waals surface area contributed by atoms with Crippen molar-refractivity contribution in [3.8, 4) is 35.2 Å². The number of carbonyl (C=O) groups is 4. The van der Waals surface area contributed by atoms with Crippen LogP contribution in [0, 0.1) is 47.4 Å². The summed E-state index contributed by atoms with van der Waals surface area (Å²) in [6.45, 7) is 5.74. The van der Waals surface area contributed by atoms with Crippen molar-refractivity contribution >= 4 is 49.7 Å². The van der Waals surface area contributed by atoms with Crippen LogP contribution in [-0.4, -0.2) is 102 Å². The van der Waals surface area contributed by atoms with Gasteiger partial charge in [0.15, 0.2) is 22.9 Å². The Balaban J connectivity index is 0.000000167. The maximum atomic E-state index is 11.8. The highest BCUT2D eigenvalue weighted by Crippen LogP contribution is 2.41. The number of pyridine rings is 2. The van der Waals surface area contributed by atoms with Crippen LogP contribution in [0.3, 0.4) is 0 Å². The number of carbonyl (C=O) groups excluding carboxylic acids is 4. The molecule has 0 spiro atoms. The Kier molecular flexibility index (Phi) is 15.5. The molecular weight excluding hydrogens is 866 g/mol. The third kappa shape index (κ3) is 12.5. The fourth-order valence-corrected chi connectivity index (χ4v) is 8.23. The van der Waals surface area contributed by atoms with E-state index in [1.54, 1.807) is 58.0 Å². The van der Waals surface area contributed by atoms with Crippen molar-refractivity contribution in [2.75, 3.05) is 27.2 Å². The predicted molar refractivity (Wildman–Crippen MR) is 259 cm³/mol. The average molecular weight is 924 g/mol. The lowest BCUT2D eigenvalue weighted by Gasteiger charge is -2.13. The van der Waals surface area contributed by atoms with E-state index in [1.165, 1.54) is 19.3 Å². The van der Waals surface area contributed by atoms with Crippen LogP contribution in [0.2, 0.25) is 0 Å². The van der Waals surface area contributed by atoms with Gasteiger partial charge >= 0.3 is 0 Å². The molecule has 5 aromatic rings. The van der Waals surface area contributed by atoms with Crippen LogP contribution >= 0.6 is 9.24 Å². The molecule has 4 aromatic heterocycles. The lowest BCUT2D eigenvalue weighted by molar-refractivity contribution is -0.119. The third-order valence-electron chi connectivity index (χ3n) is 12.1. The molecule has 67 heavy (non-hydrogen) atoms. The van der Waals surface area contributed by atoms with Crippen molar-refractivity contribution < 1.29 is 24.3 Å². The van der Waals surface area contributed by atoms with Crippen molar-refractivity contribution in [3.63, 3.8) is 0 Å². The summed E-state index contributed by atoms with van der Waals surface area (Å²) in [6, 6.07) is 13.0. The van der Waals surface area contributed by atoms with Crippen molar-refractivity contribution in [1.29, 1.82) is 0 Å². The SMILES string of the molecule is C1CC1.C=C1[C@H](C#Cc2cc(P)cc(-n3nc(C(N)=O)c4cccnc43)c2)CCN1C.CN(C=O)CC1C[C@H]1C(O)C#Cc1ccnc(-n2nc(C(N)=O)c3c2CCCC3)c1.NC(=O)C1CC1. The maximum absolute atomic E-state index is 11.8. The monoisotopic (exact) mass is 923 g/mol. The highest BCUT2D eigenvalue weighted by atomic mass is 31.0. The standard InChI is InChI=1S/C22H25N5O3.C21H20N5OP.C4H7NO.C3H6/c1-26(13-28)12-15-11-17(15)19(29)7-6-14-8-9-24-20(10-14)27-18-5-3-2-4-16(18)21(25-27)22(23)30;1-13-15(7-9-25(13)2)6-5-14-10-16(12-17(28)11-14)26-21-18(4-3-8-23-21)19(24-26)20(22)27;5-4(6)3-1-2-3;1-2-3-1/h8-10,13,15,17,19,29H,2-5,11-12H2,1H3,(H2,23,30);3-4,8,10-12,15H,1,7,9,28H2,2H3,(H2,22,27);3H,1-2H2,(H2,5,6);1-3H2/t15?,17-,19?;15-;;/m11../s1. The van der Waals surface area contributed by atoms with Gasteiger partial charge in [-0.25, -0.2) is 19.3 Å². The molecule has 5 heterocycles. The van der Waals surface area contributed by atoms with Crippen LogP contribution in [-0.2, 0) is 22.4 Å². The molecule has 3 unspecified atom stereocenters. The van der Waals surface area contributed by atoms with Gasteiger partial charge in [0, 0.05) is 73.8 Å². The molecule has 1 aliphatic heterocycles. The molecule has 348 valence electrons. The summed E-state index contributed by atoms with van der Waals surface area (Å²) in [4.78, 5) is 56.8. The summed E-state index contributed by atoms with van der Waals surface area (Å²) in [5.41, 5.74) is 22.3.